The summed E-state index contributed by atoms with van der Waals surface area (Å²) in [5, 5.41) is 12.5. The van der Waals surface area contributed by atoms with Gasteiger partial charge >= 0.3 is 0 Å². The fourth-order valence-corrected chi connectivity index (χ4v) is 4.30. The molecule has 0 amide bonds. The fraction of sp³-hybridized carbons (Fsp3) is 0.571. The largest absolute Gasteiger partial charge is 0.369 e. The molecule has 0 N–H and O–H groups in total. The van der Waals surface area contributed by atoms with Gasteiger partial charge in [0.1, 0.15) is 0 Å². The Bertz CT molecular complexity index is 621. The lowest BCUT2D eigenvalue weighted by Crippen LogP contribution is -2.53. The molecular formula is C21H29NO3. The van der Waals surface area contributed by atoms with Gasteiger partial charge in [-0.3, -0.25) is 5.21 Å². The van der Waals surface area contributed by atoms with E-state index < -0.39 is 5.79 Å². The summed E-state index contributed by atoms with van der Waals surface area (Å²) in [5.74, 6) is -0.976. The van der Waals surface area contributed by atoms with Gasteiger partial charge in [0.2, 0.25) is 5.71 Å². The molecular weight excluding hydrogens is 314 g/mol. The van der Waals surface area contributed by atoms with Crippen LogP contribution in [0.2, 0.25) is 0 Å². The molecule has 1 aliphatic heterocycles. The lowest BCUT2D eigenvalue weighted by atomic mass is 9.75. The Labute approximate surface area is 150 Å². The molecule has 1 heterocycles. The molecule has 4 heteroatoms. The Morgan fingerprint density at radius 3 is 2.60 bits per heavy atom. The van der Waals surface area contributed by atoms with Crippen LogP contribution in [-0.2, 0) is 9.57 Å². The van der Waals surface area contributed by atoms with Crippen molar-refractivity contribution in [3.05, 3.63) is 53.8 Å². The standard InChI is InChI=1S/C21H29NO3/c1-4-11-19-20(17-12-7-5-8-13-17)16(2)22(23)25-21(19,3)24-18-14-9-6-10-15-18/h4-5,7-8,12-13,18-20H,1,6,9-11,14-15H2,2-3H3/t19-,20-,21-/m1/s1. The van der Waals surface area contributed by atoms with E-state index in [2.05, 4.69) is 18.7 Å². The molecule has 0 saturated heterocycles. The SMILES string of the molecule is C=CC[C@@H]1[C@@H](c2ccccc2)C(C)=[N+]([O-])O[C@@]1(C)OC1CCCCC1. The van der Waals surface area contributed by atoms with E-state index in [1.807, 2.05) is 38.1 Å². The maximum absolute atomic E-state index is 12.5. The van der Waals surface area contributed by atoms with Crippen LogP contribution in [0.25, 0.3) is 0 Å². The first kappa shape index (κ1) is 18.0. The summed E-state index contributed by atoms with van der Waals surface area (Å²) in [7, 11) is 0. The van der Waals surface area contributed by atoms with Crippen molar-refractivity contribution in [3.8, 4) is 0 Å². The molecule has 136 valence electrons. The van der Waals surface area contributed by atoms with Crippen molar-refractivity contribution < 1.29 is 14.5 Å². The van der Waals surface area contributed by atoms with Crippen LogP contribution in [-0.4, -0.2) is 22.5 Å². The van der Waals surface area contributed by atoms with E-state index in [1.165, 1.54) is 19.3 Å². The highest BCUT2D eigenvalue weighted by Gasteiger charge is 2.49. The van der Waals surface area contributed by atoms with Crippen LogP contribution >= 0.6 is 0 Å². The third-order valence-electron chi connectivity index (χ3n) is 5.61. The maximum atomic E-state index is 12.5. The molecule has 0 aromatic heterocycles. The van der Waals surface area contributed by atoms with E-state index in [0.717, 1.165) is 24.8 Å². The van der Waals surface area contributed by atoms with Gasteiger partial charge < -0.3 is 9.57 Å². The van der Waals surface area contributed by atoms with Crippen LogP contribution in [0.3, 0.4) is 0 Å². The monoisotopic (exact) mass is 343 g/mol. The molecule has 3 rings (SSSR count). The first-order valence-electron chi connectivity index (χ1n) is 9.38. The van der Waals surface area contributed by atoms with Crippen molar-refractivity contribution >= 4 is 5.71 Å². The third kappa shape index (κ3) is 3.74. The van der Waals surface area contributed by atoms with Crippen molar-refractivity contribution in [3.63, 3.8) is 0 Å². The second-order valence-electron chi connectivity index (χ2n) is 7.40. The molecule has 0 unspecified atom stereocenters. The van der Waals surface area contributed by atoms with E-state index in [-0.39, 0.29) is 17.9 Å². The Balaban J connectivity index is 1.95. The normalized spacial score (nSPS) is 30.8. The van der Waals surface area contributed by atoms with Gasteiger partial charge in [-0.15, -0.1) is 6.58 Å². The summed E-state index contributed by atoms with van der Waals surface area (Å²) in [6.07, 6.45) is 8.50. The molecule has 1 aliphatic carbocycles. The van der Waals surface area contributed by atoms with Gasteiger partial charge in [-0.25, -0.2) is 0 Å². The lowest BCUT2D eigenvalue weighted by Gasteiger charge is -2.47. The van der Waals surface area contributed by atoms with Gasteiger partial charge in [0.15, 0.2) is 5.79 Å². The molecule has 0 radical (unpaired) electrons. The molecule has 0 bridgehead atoms. The molecule has 1 aromatic carbocycles. The van der Waals surface area contributed by atoms with E-state index in [9.17, 15) is 5.21 Å². The van der Waals surface area contributed by atoms with Crippen molar-refractivity contribution in [2.75, 3.05) is 0 Å². The summed E-state index contributed by atoms with van der Waals surface area (Å²) >= 11 is 0. The summed E-state index contributed by atoms with van der Waals surface area (Å²) in [4.78, 5) is 6.44. The van der Waals surface area contributed by atoms with Gasteiger partial charge in [-0.1, -0.05) is 55.7 Å². The summed E-state index contributed by atoms with van der Waals surface area (Å²) in [6.45, 7) is 7.70. The predicted octanol–water partition coefficient (Wildman–Crippen LogP) is 4.94. The van der Waals surface area contributed by atoms with Gasteiger partial charge in [0.25, 0.3) is 0 Å². The Kier molecular flexibility index (Phi) is 5.48. The molecule has 2 aliphatic rings. The van der Waals surface area contributed by atoms with Crippen LogP contribution in [0.15, 0.2) is 43.0 Å². The van der Waals surface area contributed by atoms with Crippen molar-refractivity contribution in [2.45, 2.75) is 70.2 Å². The van der Waals surface area contributed by atoms with E-state index in [1.54, 1.807) is 0 Å². The molecule has 0 spiro atoms. The molecule has 1 saturated carbocycles. The minimum Gasteiger partial charge on any atom is -0.369 e. The molecule has 3 atom stereocenters. The summed E-state index contributed by atoms with van der Waals surface area (Å²) < 4.78 is 6.43. The Morgan fingerprint density at radius 1 is 1.28 bits per heavy atom. The molecule has 1 fully saturated rings. The molecule has 4 nitrogen and oxygen atoms in total. The average Bonchev–Trinajstić information content (AvgIpc) is 2.62. The number of benzene rings is 1. The van der Waals surface area contributed by atoms with E-state index in [4.69, 9.17) is 9.57 Å². The van der Waals surface area contributed by atoms with Crippen LogP contribution < -0.4 is 0 Å². The minimum absolute atomic E-state index is 0.0135. The number of nitrogens with zero attached hydrogens (tertiary/aromatic N) is 1. The van der Waals surface area contributed by atoms with Crippen molar-refractivity contribution in [1.29, 1.82) is 0 Å². The number of rotatable bonds is 5. The lowest BCUT2D eigenvalue weighted by molar-refractivity contribution is -0.793. The number of allylic oxidation sites excluding steroid dienone is 1. The predicted molar refractivity (Wildman–Crippen MR) is 99.2 cm³/mol. The number of hydrogen-bond acceptors (Lipinski definition) is 3. The first-order valence-corrected chi connectivity index (χ1v) is 9.38. The zero-order chi connectivity index (χ0) is 17.9. The summed E-state index contributed by atoms with van der Waals surface area (Å²) in [6, 6.07) is 10.2. The first-order chi connectivity index (χ1) is 12.0. The van der Waals surface area contributed by atoms with Gasteiger partial charge in [0.05, 0.1) is 12.0 Å². The second-order valence-corrected chi connectivity index (χ2v) is 7.40. The van der Waals surface area contributed by atoms with Crippen molar-refractivity contribution in [2.24, 2.45) is 5.92 Å². The highest BCUT2D eigenvalue weighted by Crippen LogP contribution is 2.44. The number of hydrogen-bond donors (Lipinski definition) is 0. The van der Waals surface area contributed by atoms with Crippen LogP contribution in [0.4, 0.5) is 0 Å². The van der Waals surface area contributed by atoms with Gasteiger partial charge in [-0.2, -0.15) is 0 Å². The smallest absolute Gasteiger partial charge is 0.226 e. The summed E-state index contributed by atoms with van der Waals surface area (Å²) in [5.41, 5.74) is 1.79. The van der Waals surface area contributed by atoms with Gasteiger partial charge in [-0.05, 0) is 31.7 Å². The van der Waals surface area contributed by atoms with Crippen molar-refractivity contribution in [1.82, 2.24) is 0 Å². The van der Waals surface area contributed by atoms with E-state index in [0.29, 0.717) is 10.6 Å². The van der Waals surface area contributed by atoms with Gasteiger partial charge in [0, 0.05) is 17.7 Å². The molecule has 25 heavy (non-hydrogen) atoms. The van der Waals surface area contributed by atoms with Crippen LogP contribution in [0, 0.1) is 11.1 Å². The maximum Gasteiger partial charge on any atom is 0.226 e. The highest BCUT2D eigenvalue weighted by molar-refractivity contribution is 5.85. The Hall–Kier alpha value is -1.81. The second kappa shape index (κ2) is 7.61. The zero-order valence-corrected chi connectivity index (χ0v) is 15.3. The minimum atomic E-state index is -0.946. The highest BCUT2D eigenvalue weighted by atomic mass is 16.9. The number of ether oxygens (including phenoxy) is 1. The zero-order valence-electron chi connectivity index (χ0n) is 15.3. The van der Waals surface area contributed by atoms with Crippen LogP contribution in [0.5, 0.6) is 0 Å². The fourth-order valence-electron chi connectivity index (χ4n) is 4.30. The average molecular weight is 343 g/mol. The molecule has 1 aromatic rings. The topological polar surface area (TPSA) is 44.5 Å². The van der Waals surface area contributed by atoms with E-state index >= 15 is 0 Å². The quantitative estimate of drug-likeness (QED) is 0.561. The Morgan fingerprint density at radius 2 is 1.96 bits per heavy atom. The third-order valence-corrected chi connectivity index (χ3v) is 5.61. The van der Waals surface area contributed by atoms with Crippen LogP contribution in [0.1, 0.15) is 63.9 Å².